The number of ether oxygens (including phenoxy) is 1. The first kappa shape index (κ1) is 18.5. The smallest absolute Gasteiger partial charge is 0.180 e. The zero-order valence-electron chi connectivity index (χ0n) is 14.8. The predicted octanol–water partition coefficient (Wildman–Crippen LogP) is 4.31. The Morgan fingerprint density at radius 3 is 2.24 bits per heavy atom. The van der Waals surface area contributed by atoms with Crippen molar-refractivity contribution < 1.29 is 14.3 Å². The van der Waals surface area contributed by atoms with E-state index in [4.69, 9.17) is 4.74 Å². The maximum Gasteiger partial charge on any atom is 0.180 e. The summed E-state index contributed by atoms with van der Waals surface area (Å²) in [4.78, 5) is 24.4. The van der Waals surface area contributed by atoms with Crippen molar-refractivity contribution in [1.29, 1.82) is 0 Å². The van der Waals surface area contributed by atoms with Crippen LogP contribution in [0.5, 0.6) is 5.75 Å². The second-order valence-electron chi connectivity index (χ2n) is 6.21. The zero-order valence-corrected chi connectivity index (χ0v) is 14.8. The van der Waals surface area contributed by atoms with Gasteiger partial charge in [-0.2, -0.15) is 0 Å². The molecule has 1 unspecified atom stereocenters. The Labute approximate surface area is 149 Å². The van der Waals surface area contributed by atoms with Crippen molar-refractivity contribution in [3.8, 4) is 17.6 Å². The lowest BCUT2D eigenvalue weighted by Gasteiger charge is -2.21. The van der Waals surface area contributed by atoms with E-state index in [1.165, 1.54) is 6.92 Å². The van der Waals surface area contributed by atoms with Gasteiger partial charge in [0.25, 0.3) is 0 Å². The molecule has 2 aromatic carbocycles. The second kappa shape index (κ2) is 8.30. The molecule has 0 amide bonds. The van der Waals surface area contributed by atoms with Gasteiger partial charge in [-0.05, 0) is 44.5 Å². The van der Waals surface area contributed by atoms with Crippen LogP contribution in [0, 0.1) is 17.3 Å². The zero-order chi connectivity index (χ0) is 18.3. The average molecular weight is 334 g/mol. The number of Topliss-reactive ketones (excluding diaryl/α,β-unsaturated/α-hetero) is 2. The topological polar surface area (TPSA) is 43.4 Å². The maximum atomic E-state index is 13.0. The quantitative estimate of drug-likeness (QED) is 0.584. The third kappa shape index (κ3) is 5.06. The van der Waals surface area contributed by atoms with E-state index in [2.05, 4.69) is 11.8 Å². The summed E-state index contributed by atoms with van der Waals surface area (Å²) >= 11 is 0. The van der Waals surface area contributed by atoms with E-state index >= 15 is 0 Å². The summed E-state index contributed by atoms with van der Waals surface area (Å²) in [6.45, 7) is 3.34. The van der Waals surface area contributed by atoms with Crippen LogP contribution in [0.25, 0.3) is 0 Å². The highest BCUT2D eigenvalue weighted by Gasteiger charge is 2.32. The molecular weight excluding hydrogens is 312 g/mol. The summed E-state index contributed by atoms with van der Waals surface area (Å²) in [5.74, 6) is 6.93. The molecule has 0 heterocycles. The highest BCUT2D eigenvalue weighted by Crippen LogP contribution is 2.28. The summed E-state index contributed by atoms with van der Waals surface area (Å²) in [6, 6.07) is 16.4. The van der Waals surface area contributed by atoms with Crippen LogP contribution in [-0.4, -0.2) is 18.7 Å². The lowest BCUT2D eigenvalue weighted by atomic mass is 9.78. The van der Waals surface area contributed by atoms with Crippen LogP contribution in [0.15, 0.2) is 54.6 Å². The fourth-order valence-corrected chi connectivity index (χ4v) is 2.45. The van der Waals surface area contributed by atoms with Crippen LogP contribution >= 0.6 is 0 Å². The predicted molar refractivity (Wildman–Crippen MR) is 98.7 cm³/mol. The van der Waals surface area contributed by atoms with E-state index in [1.54, 1.807) is 19.2 Å². The molecule has 2 aromatic rings. The van der Waals surface area contributed by atoms with Crippen molar-refractivity contribution in [3.63, 3.8) is 0 Å². The molecule has 0 aliphatic carbocycles. The van der Waals surface area contributed by atoms with Gasteiger partial charge in [-0.1, -0.05) is 42.2 Å². The van der Waals surface area contributed by atoms with E-state index in [-0.39, 0.29) is 11.6 Å². The van der Waals surface area contributed by atoms with Gasteiger partial charge in [0.2, 0.25) is 0 Å². The standard InChI is InChI=1S/C22H22O3/c1-17(23)13-15-22(2,21(24)19-7-5-4-6-8-19)16-14-18-9-11-20(25-3)12-10-18/h4-12H,13,15H2,1-3H3. The van der Waals surface area contributed by atoms with Crippen molar-refractivity contribution in [1.82, 2.24) is 0 Å². The summed E-state index contributed by atoms with van der Waals surface area (Å²) in [5.41, 5.74) is 0.501. The van der Waals surface area contributed by atoms with E-state index in [0.717, 1.165) is 11.3 Å². The van der Waals surface area contributed by atoms with Crippen LogP contribution < -0.4 is 4.74 Å². The van der Waals surface area contributed by atoms with E-state index < -0.39 is 5.41 Å². The molecule has 2 rings (SSSR count). The largest absolute Gasteiger partial charge is 0.497 e. The number of ketones is 2. The van der Waals surface area contributed by atoms with Crippen molar-refractivity contribution in [2.75, 3.05) is 7.11 Å². The molecule has 0 saturated heterocycles. The molecule has 3 heteroatoms. The summed E-state index contributed by atoms with van der Waals surface area (Å²) in [5, 5.41) is 0. The van der Waals surface area contributed by atoms with Crippen LogP contribution in [-0.2, 0) is 4.79 Å². The lowest BCUT2D eigenvalue weighted by Crippen LogP contribution is -2.27. The number of rotatable bonds is 6. The molecule has 0 aliphatic heterocycles. The molecule has 0 aromatic heterocycles. The molecule has 25 heavy (non-hydrogen) atoms. The number of methoxy groups -OCH3 is 1. The molecule has 0 N–H and O–H groups in total. The van der Waals surface area contributed by atoms with Gasteiger partial charge in [-0.3, -0.25) is 4.79 Å². The number of carbonyl (C=O) groups is 2. The lowest BCUT2D eigenvalue weighted by molar-refractivity contribution is -0.117. The van der Waals surface area contributed by atoms with Crippen LogP contribution in [0.4, 0.5) is 0 Å². The van der Waals surface area contributed by atoms with Gasteiger partial charge in [-0.25, -0.2) is 0 Å². The molecule has 1 atom stereocenters. The molecule has 0 spiro atoms. The van der Waals surface area contributed by atoms with Crippen molar-refractivity contribution in [2.24, 2.45) is 5.41 Å². The first-order chi connectivity index (χ1) is 11.9. The average Bonchev–Trinajstić information content (AvgIpc) is 2.65. The Morgan fingerprint density at radius 2 is 1.68 bits per heavy atom. The minimum Gasteiger partial charge on any atom is -0.497 e. The first-order valence-electron chi connectivity index (χ1n) is 8.21. The highest BCUT2D eigenvalue weighted by molar-refractivity contribution is 6.02. The third-order valence-electron chi connectivity index (χ3n) is 4.09. The minimum absolute atomic E-state index is 0.0540. The van der Waals surface area contributed by atoms with Crippen molar-refractivity contribution in [2.45, 2.75) is 26.7 Å². The van der Waals surface area contributed by atoms with E-state index in [9.17, 15) is 9.59 Å². The Hall–Kier alpha value is -2.86. The van der Waals surface area contributed by atoms with Gasteiger partial charge in [-0.15, -0.1) is 0 Å². The van der Waals surface area contributed by atoms with Gasteiger partial charge < -0.3 is 9.53 Å². The van der Waals surface area contributed by atoms with Gasteiger partial charge in [0.1, 0.15) is 11.5 Å². The Balaban J connectivity index is 2.33. The Morgan fingerprint density at radius 1 is 1.04 bits per heavy atom. The second-order valence-corrected chi connectivity index (χ2v) is 6.21. The molecule has 3 nitrogen and oxygen atoms in total. The fourth-order valence-electron chi connectivity index (χ4n) is 2.45. The van der Waals surface area contributed by atoms with Gasteiger partial charge in [0, 0.05) is 17.5 Å². The maximum absolute atomic E-state index is 13.0. The highest BCUT2D eigenvalue weighted by atomic mass is 16.5. The van der Waals surface area contributed by atoms with Gasteiger partial charge in [0.05, 0.1) is 12.5 Å². The first-order valence-corrected chi connectivity index (χ1v) is 8.21. The summed E-state index contributed by atoms with van der Waals surface area (Å²) in [7, 11) is 1.61. The molecule has 0 aliphatic rings. The molecule has 0 radical (unpaired) electrons. The summed E-state index contributed by atoms with van der Waals surface area (Å²) < 4.78 is 5.14. The monoisotopic (exact) mass is 334 g/mol. The van der Waals surface area contributed by atoms with E-state index in [1.807, 2.05) is 49.4 Å². The van der Waals surface area contributed by atoms with Crippen molar-refractivity contribution in [3.05, 3.63) is 65.7 Å². The number of hydrogen-bond acceptors (Lipinski definition) is 3. The van der Waals surface area contributed by atoms with Crippen LogP contribution in [0.2, 0.25) is 0 Å². The number of hydrogen-bond donors (Lipinski definition) is 0. The van der Waals surface area contributed by atoms with Crippen molar-refractivity contribution >= 4 is 11.6 Å². The molecular formula is C22H22O3. The van der Waals surface area contributed by atoms with Crippen LogP contribution in [0.3, 0.4) is 0 Å². The van der Waals surface area contributed by atoms with Gasteiger partial charge in [0.15, 0.2) is 5.78 Å². The molecule has 0 bridgehead atoms. The number of benzene rings is 2. The van der Waals surface area contributed by atoms with Crippen LogP contribution in [0.1, 0.15) is 42.6 Å². The fraction of sp³-hybridized carbons (Fsp3) is 0.273. The molecule has 0 saturated carbocycles. The number of carbonyl (C=O) groups excluding carboxylic acids is 2. The Kier molecular flexibility index (Phi) is 6.14. The third-order valence-corrected chi connectivity index (χ3v) is 4.09. The van der Waals surface area contributed by atoms with Gasteiger partial charge >= 0.3 is 0 Å². The summed E-state index contributed by atoms with van der Waals surface area (Å²) in [6.07, 6.45) is 0.728. The van der Waals surface area contributed by atoms with E-state index in [0.29, 0.717) is 18.4 Å². The minimum atomic E-state index is -0.910. The molecule has 128 valence electrons. The normalized spacial score (nSPS) is 12.4. The molecule has 0 fully saturated rings. The Bertz CT molecular complexity index is 795. The SMILES string of the molecule is COc1ccc(C#CC(C)(CCC(C)=O)C(=O)c2ccccc2)cc1.